The number of carbonyl (C=O) groups excluding carboxylic acids is 1. The monoisotopic (exact) mass is 374 g/mol. The average molecular weight is 375 g/mol. The van der Waals surface area contributed by atoms with Crippen molar-refractivity contribution in [2.24, 2.45) is 0 Å². The van der Waals surface area contributed by atoms with Gasteiger partial charge in [-0.2, -0.15) is 0 Å². The van der Waals surface area contributed by atoms with Gasteiger partial charge in [0.25, 0.3) is 11.6 Å². The third kappa shape index (κ3) is 4.32. The minimum absolute atomic E-state index is 0.0341. The van der Waals surface area contributed by atoms with Crippen molar-refractivity contribution in [3.8, 4) is 11.5 Å². The number of halogens is 1. The highest BCUT2D eigenvalue weighted by molar-refractivity contribution is 6.32. The standard InChI is InChI=1S/C19H19ClN2O4/c20-17-13-15(22(24)25)7-10-18(17)26-16-8-5-14(6-9-16)19(23)21-11-3-1-2-4-12-21/h5-10,13H,1-4,11-12H2. The highest BCUT2D eigenvalue weighted by atomic mass is 35.5. The Labute approximate surface area is 156 Å². The van der Waals surface area contributed by atoms with Crippen LogP contribution in [0.15, 0.2) is 42.5 Å². The number of nitro benzene ring substituents is 1. The van der Waals surface area contributed by atoms with Gasteiger partial charge < -0.3 is 9.64 Å². The first-order chi connectivity index (χ1) is 12.5. The highest BCUT2D eigenvalue weighted by Crippen LogP contribution is 2.32. The predicted molar refractivity (Wildman–Crippen MR) is 99.0 cm³/mol. The number of amides is 1. The van der Waals surface area contributed by atoms with E-state index in [9.17, 15) is 14.9 Å². The first-order valence-electron chi connectivity index (χ1n) is 8.56. The molecule has 0 unspecified atom stereocenters. The van der Waals surface area contributed by atoms with Gasteiger partial charge in [-0.05, 0) is 43.2 Å². The topological polar surface area (TPSA) is 72.7 Å². The van der Waals surface area contributed by atoms with Gasteiger partial charge in [0, 0.05) is 30.8 Å². The number of ether oxygens (including phenoxy) is 1. The SMILES string of the molecule is O=C(c1ccc(Oc2ccc([N+](=O)[O-])cc2Cl)cc1)N1CCCCCC1. The number of likely N-dealkylation sites (tertiary alicyclic amines) is 1. The number of carbonyl (C=O) groups is 1. The maximum Gasteiger partial charge on any atom is 0.271 e. The predicted octanol–water partition coefficient (Wildman–Crippen LogP) is 5.06. The number of rotatable bonds is 4. The highest BCUT2D eigenvalue weighted by Gasteiger charge is 2.17. The third-order valence-electron chi connectivity index (χ3n) is 4.35. The summed E-state index contributed by atoms with van der Waals surface area (Å²) in [4.78, 5) is 24.7. The second kappa shape index (κ2) is 8.19. The average Bonchev–Trinajstić information content (AvgIpc) is 2.92. The molecule has 1 aliphatic heterocycles. The van der Waals surface area contributed by atoms with Crippen molar-refractivity contribution in [1.82, 2.24) is 4.90 Å². The molecule has 0 bridgehead atoms. The lowest BCUT2D eigenvalue weighted by atomic mass is 10.2. The zero-order chi connectivity index (χ0) is 18.5. The molecule has 1 amide bonds. The summed E-state index contributed by atoms with van der Waals surface area (Å²) in [6.07, 6.45) is 4.44. The van der Waals surface area contributed by atoms with Crippen LogP contribution in [-0.4, -0.2) is 28.8 Å². The summed E-state index contributed by atoms with van der Waals surface area (Å²) in [6, 6.07) is 10.9. The molecule has 1 fully saturated rings. The van der Waals surface area contributed by atoms with E-state index in [0.29, 0.717) is 17.1 Å². The molecule has 2 aromatic rings. The molecular weight excluding hydrogens is 356 g/mol. The second-order valence-electron chi connectivity index (χ2n) is 6.20. The normalized spacial score (nSPS) is 14.6. The van der Waals surface area contributed by atoms with E-state index < -0.39 is 4.92 Å². The summed E-state index contributed by atoms with van der Waals surface area (Å²) in [5, 5.41) is 10.9. The Morgan fingerprint density at radius 1 is 1.04 bits per heavy atom. The molecule has 3 rings (SSSR count). The largest absolute Gasteiger partial charge is 0.456 e. The van der Waals surface area contributed by atoms with Crippen LogP contribution in [0.25, 0.3) is 0 Å². The lowest BCUT2D eigenvalue weighted by Gasteiger charge is -2.20. The van der Waals surface area contributed by atoms with Crippen LogP contribution in [0, 0.1) is 10.1 Å². The molecular formula is C19H19ClN2O4. The van der Waals surface area contributed by atoms with Crippen molar-refractivity contribution in [1.29, 1.82) is 0 Å². The second-order valence-corrected chi connectivity index (χ2v) is 6.61. The molecule has 0 aliphatic carbocycles. The van der Waals surface area contributed by atoms with Gasteiger partial charge in [0.15, 0.2) is 0 Å². The van der Waals surface area contributed by atoms with Gasteiger partial charge in [0.2, 0.25) is 0 Å². The molecule has 0 aromatic heterocycles. The van der Waals surface area contributed by atoms with E-state index in [0.717, 1.165) is 25.9 Å². The maximum atomic E-state index is 12.6. The molecule has 0 radical (unpaired) electrons. The first-order valence-corrected chi connectivity index (χ1v) is 8.93. The van der Waals surface area contributed by atoms with E-state index >= 15 is 0 Å². The van der Waals surface area contributed by atoms with Crippen LogP contribution >= 0.6 is 11.6 Å². The number of hydrogen-bond acceptors (Lipinski definition) is 4. The fraction of sp³-hybridized carbons (Fsp3) is 0.316. The first kappa shape index (κ1) is 18.2. The molecule has 136 valence electrons. The van der Waals surface area contributed by atoms with Crippen LogP contribution in [0.1, 0.15) is 36.0 Å². The van der Waals surface area contributed by atoms with Crippen molar-refractivity contribution < 1.29 is 14.5 Å². The lowest BCUT2D eigenvalue weighted by molar-refractivity contribution is -0.384. The zero-order valence-electron chi connectivity index (χ0n) is 14.2. The van der Waals surface area contributed by atoms with E-state index in [4.69, 9.17) is 16.3 Å². The number of nitrogens with zero attached hydrogens (tertiary/aromatic N) is 2. The molecule has 1 aliphatic rings. The number of benzene rings is 2. The lowest BCUT2D eigenvalue weighted by Crippen LogP contribution is -2.31. The number of non-ortho nitro benzene ring substituents is 1. The van der Waals surface area contributed by atoms with Gasteiger partial charge in [-0.25, -0.2) is 0 Å². The van der Waals surface area contributed by atoms with Crippen LogP contribution < -0.4 is 4.74 Å². The van der Waals surface area contributed by atoms with Gasteiger partial charge in [-0.1, -0.05) is 24.4 Å². The van der Waals surface area contributed by atoms with Crippen molar-refractivity contribution >= 4 is 23.2 Å². The van der Waals surface area contributed by atoms with Crippen LogP contribution in [0.5, 0.6) is 11.5 Å². The Hall–Kier alpha value is -2.60. The smallest absolute Gasteiger partial charge is 0.271 e. The molecule has 0 spiro atoms. The third-order valence-corrected chi connectivity index (χ3v) is 4.64. The van der Waals surface area contributed by atoms with Crippen LogP contribution in [-0.2, 0) is 0 Å². The summed E-state index contributed by atoms with van der Waals surface area (Å²) in [6.45, 7) is 1.60. The molecule has 2 aromatic carbocycles. The van der Waals surface area contributed by atoms with E-state index in [1.807, 2.05) is 4.90 Å². The molecule has 0 atom stereocenters. The van der Waals surface area contributed by atoms with Gasteiger partial charge in [0.05, 0.1) is 9.95 Å². The Morgan fingerprint density at radius 3 is 2.27 bits per heavy atom. The van der Waals surface area contributed by atoms with Gasteiger partial charge >= 0.3 is 0 Å². The number of nitro groups is 1. The van der Waals surface area contributed by atoms with Crippen molar-refractivity contribution in [3.63, 3.8) is 0 Å². The minimum Gasteiger partial charge on any atom is -0.456 e. The molecule has 0 saturated carbocycles. The zero-order valence-corrected chi connectivity index (χ0v) is 14.9. The quantitative estimate of drug-likeness (QED) is 0.554. The van der Waals surface area contributed by atoms with E-state index in [-0.39, 0.29) is 16.6 Å². The summed E-state index contributed by atoms with van der Waals surface area (Å²) in [5.41, 5.74) is 0.523. The van der Waals surface area contributed by atoms with Gasteiger partial charge in [-0.3, -0.25) is 14.9 Å². The van der Waals surface area contributed by atoms with Crippen LogP contribution in [0.2, 0.25) is 5.02 Å². The summed E-state index contributed by atoms with van der Waals surface area (Å²) in [5.74, 6) is 0.865. The summed E-state index contributed by atoms with van der Waals surface area (Å²) < 4.78 is 5.66. The maximum absolute atomic E-state index is 12.6. The molecule has 6 nitrogen and oxygen atoms in total. The minimum atomic E-state index is -0.515. The summed E-state index contributed by atoms with van der Waals surface area (Å²) in [7, 11) is 0. The van der Waals surface area contributed by atoms with E-state index in [1.165, 1.54) is 31.0 Å². The molecule has 1 saturated heterocycles. The van der Waals surface area contributed by atoms with Crippen molar-refractivity contribution in [3.05, 3.63) is 63.2 Å². The van der Waals surface area contributed by atoms with E-state index in [1.54, 1.807) is 24.3 Å². The Bertz CT molecular complexity index is 800. The van der Waals surface area contributed by atoms with Crippen molar-refractivity contribution in [2.75, 3.05) is 13.1 Å². The van der Waals surface area contributed by atoms with Crippen LogP contribution in [0.4, 0.5) is 5.69 Å². The molecule has 26 heavy (non-hydrogen) atoms. The molecule has 1 heterocycles. The Kier molecular flexibility index (Phi) is 5.73. The Balaban J connectivity index is 1.69. The number of hydrogen-bond donors (Lipinski definition) is 0. The van der Waals surface area contributed by atoms with Crippen LogP contribution in [0.3, 0.4) is 0 Å². The fourth-order valence-electron chi connectivity index (χ4n) is 2.93. The van der Waals surface area contributed by atoms with Crippen molar-refractivity contribution in [2.45, 2.75) is 25.7 Å². The van der Waals surface area contributed by atoms with Gasteiger partial charge in [0.1, 0.15) is 11.5 Å². The van der Waals surface area contributed by atoms with Gasteiger partial charge in [-0.15, -0.1) is 0 Å². The fourth-order valence-corrected chi connectivity index (χ4v) is 3.15. The molecule has 0 N–H and O–H groups in total. The van der Waals surface area contributed by atoms with E-state index in [2.05, 4.69) is 0 Å². The summed E-state index contributed by atoms with van der Waals surface area (Å²) >= 11 is 6.03. The molecule has 7 heteroatoms. The Morgan fingerprint density at radius 2 is 1.69 bits per heavy atom.